The summed E-state index contributed by atoms with van der Waals surface area (Å²) in [5.74, 6) is 0.194. The molecule has 0 radical (unpaired) electrons. The second-order valence-electron chi connectivity index (χ2n) is 2.47. The van der Waals surface area contributed by atoms with E-state index in [0.717, 1.165) is 0 Å². The molecule has 1 N–H and O–H groups in total. The van der Waals surface area contributed by atoms with Crippen LogP contribution in [0.3, 0.4) is 0 Å². The third-order valence-electron chi connectivity index (χ3n) is 1.53. The van der Waals surface area contributed by atoms with E-state index in [9.17, 15) is 4.79 Å². The Morgan fingerprint density at radius 2 is 2.62 bits per heavy atom. The van der Waals surface area contributed by atoms with Crippen LogP contribution < -0.4 is 5.32 Å². The predicted molar refractivity (Wildman–Crippen MR) is 42.6 cm³/mol. The molecule has 0 bridgehead atoms. The van der Waals surface area contributed by atoms with Gasteiger partial charge in [-0.1, -0.05) is 5.16 Å². The van der Waals surface area contributed by atoms with Crippen molar-refractivity contribution >= 4 is 5.97 Å². The molecule has 0 aliphatic rings. The zero-order valence-electron chi connectivity index (χ0n) is 7.48. The van der Waals surface area contributed by atoms with Crippen LogP contribution in [0.25, 0.3) is 0 Å². The van der Waals surface area contributed by atoms with Crippen LogP contribution in [0.4, 0.5) is 0 Å². The highest BCUT2D eigenvalue weighted by Gasteiger charge is 2.12. The van der Waals surface area contributed by atoms with Crippen LogP contribution in [-0.2, 0) is 16.1 Å². The molecule has 0 saturated carbocycles. The summed E-state index contributed by atoms with van der Waals surface area (Å²) in [6.07, 6.45) is 1.24. The van der Waals surface area contributed by atoms with Crippen molar-refractivity contribution in [3.63, 3.8) is 0 Å². The van der Waals surface area contributed by atoms with Gasteiger partial charge in [-0.3, -0.25) is 10.1 Å². The smallest absolute Gasteiger partial charge is 0.322 e. The van der Waals surface area contributed by atoms with Crippen LogP contribution in [0.1, 0.15) is 12.7 Å². The number of rotatable bonds is 4. The van der Waals surface area contributed by atoms with E-state index in [1.165, 1.54) is 13.5 Å². The fourth-order valence-corrected chi connectivity index (χ4v) is 0.775. The number of aromatic nitrogens is 2. The Kier molecular flexibility index (Phi) is 3.39. The Balaban J connectivity index is 2.30. The molecule has 6 heteroatoms. The zero-order chi connectivity index (χ0) is 9.68. The molecule has 0 aromatic carbocycles. The summed E-state index contributed by atoms with van der Waals surface area (Å²) >= 11 is 0. The molecule has 1 rings (SSSR count). The third-order valence-corrected chi connectivity index (χ3v) is 1.53. The minimum absolute atomic E-state index is 0.316. The normalized spacial score (nSPS) is 12.5. The Bertz CT molecular complexity index is 260. The molecule has 0 aliphatic carbocycles. The van der Waals surface area contributed by atoms with Crippen LogP contribution in [-0.4, -0.2) is 29.3 Å². The Hall–Kier alpha value is -1.43. The van der Waals surface area contributed by atoms with Crippen molar-refractivity contribution in [2.24, 2.45) is 0 Å². The maximum absolute atomic E-state index is 10.9. The van der Waals surface area contributed by atoms with Gasteiger partial charge >= 0.3 is 5.97 Å². The average Bonchev–Trinajstić information content (AvgIpc) is 2.65. The molecule has 1 aromatic heterocycles. The fourth-order valence-electron chi connectivity index (χ4n) is 0.775. The molecule has 0 aliphatic heterocycles. The SMILES string of the molecule is COC(=O)C(C)NCc1ncon1. The van der Waals surface area contributed by atoms with Gasteiger partial charge in [0.15, 0.2) is 5.82 Å². The second-order valence-corrected chi connectivity index (χ2v) is 2.47. The van der Waals surface area contributed by atoms with Crippen molar-refractivity contribution < 1.29 is 14.1 Å². The van der Waals surface area contributed by atoms with Crippen molar-refractivity contribution in [1.29, 1.82) is 0 Å². The molecule has 1 heterocycles. The molecule has 6 nitrogen and oxygen atoms in total. The molecule has 0 fully saturated rings. The highest BCUT2D eigenvalue weighted by Crippen LogP contribution is 1.90. The van der Waals surface area contributed by atoms with Gasteiger partial charge < -0.3 is 9.26 Å². The molecule has 1 aromatic rings. The van der Waals surface area contributed by atoms with Gasteiger partial charge in [0.25, 0.3) is 0 Å². The lowest BCUT2D eigenvalue weighted by molar-refractivity contribution is -0.142. The van der Waals surface area contributed by atoms with E-state index in [-0.39, 0.29) is 12.0 Å². The first-order valence-corrected chi connectivity index (χ1v) is 3.80. The van der Waals surface area contributed by atoms with E-state index in [4.69, 9.17) is 0 Å². The lowest BCUT2D eigenvalue weighted by Gasteiger charge is -2.08. The van der Waals surface area contributed by atoms with Crippen LogP contribution in [0, 0.1) is 0 Å². The van der Waals surface area contributed by atoms with Gasteiger partial charge in [-0.2, -0.15) is 4.98 Å². The largest absolute Gasteiger partial charge is 0.468 e. The minimum atomic E-state index is -0.372. The van der Waals surface area contributed by atoms with Crippen molar-refractivity contribution in [3.8, 4) is 0 Å². The van der Waals surface area contributed by atoms with Crippen LogP contribution in [0.2, 0.25) is 0 Å². The van der Waals surface area contributed by atoms with Crippen molar-refractivity contribution in [3.05, 3.63) is 12.2 Å². The van der Waals surface area contributed by atoms with Gasteiger partial charge in [-0.05, 0) is 6.92 Å². The Morgan fingerprint density at radius 1 is 1.85 bits per heavy atom. The molecule has 0 saturated heterocycles. The number of ether oxygens (including phenoxy) is 1. The highest BCUT2D eigenvalue weighted by molar-refractivity contribution is 5.74. The molecular formula is C7H11N3O3. The van der Waals surface area contributed by atoms with Gasteiger partial charge in [-0.15, -0.1) is 0 Å². The number of esters is 1. The van der Waals surface area contributed by atoms with Gasteiger partial charge in [-0.25, -0.2) is 0 Å². The summed E-state index contributed by atoms with van der Waals surface area (Å²) < 4.78 is 9.03. The van der Waals surface area contributed by atoms with Gasteiger partial charge in [0, 0.05) is 0 Å². The summed E-state index contributed by atoms with van der Waals surface area (Å²) in [4.78, 5) is 14.7. The van der Waals surface area contributed by atoms with E-state index in [2.05, 4.69) is 24.7 Å². The van der Waals surface area contributed by atoms with Crippen LogP contribution >= 0.6 is 0 Å². The predicted octanol–water partition coefficient (Wildman–Crippen LogP) is -0.279. The van der Waals surface area contributed by atoms with Crippen LogP contribution in [0.15, 0.2) is 10.9 Å². The molecular weight excluding hydrogens is 174 g/mol. The molecule has 0 spiro atoms. The highest BCUT2D eigenvalue weighted by atomic mass is 16.5. The first kappa shape index (κ1) is 9.66. The number of nitrogens with one attached hydrogen (secondary N) is 1. The third kappa shape index (κ3) is 2.83. The number of hydrogen-bond donors (Lipinski definition) is 1. The summed E-state index contributed by atoms with van der Waals surface area (Å²) in [7, 11) is 1.34. The number of hydrogen-bond acceptors (Lipinski definition) is 6. The molecule has 1 atom stereocenters. The molecule has 72 valence electrons. The second kappa shape index (κ2) is 4.56. The van der Waals surface area contributed by atoms with Crippen LogP contribution in [0.5, 0.6) is 0 Å². The monoisotopic (exact) mass is 185 g/mol. The standard InChI is InChI=1S/C7H11N3O3/c1-5(7(11)12-2)8-3-6-9-4-13-10-6/h4-5,8H,3H2,1-2H3. The Labute approximate surface area is 75.3 Å². The first-order valence-electron chi connectivity index (χ1n) is 3.80. The quantitative estimate of drug-likeness (QED) is 0.650. The summed E-state index contributed by atoms with van der Waals surface area (Å²) in [5.41, 5.74) is 0. The zero-order valence-corrected chi connectivity index (χ0v) is 7.48. The van der Waals surface area contributed by atoms with Crippen molar-refractivity contribution in [1.82, 2.24) is 15.5 Å². The molecule has 13 heavy (non-hydrogen) atoms. The maximum Gasteiger partial charge on any atom is 0.322 e. The van der Waals surface area contributed by atoms with E-state index < -0.39 is 0 Å². The Morgan fingerprint density at radius 3 is 3.15 bits per heavy atom. The number of carbonyl (C=O) groups is 1. The summed E-state index contributed by atoms with van der Waals surface area (Å²) in [5, 5.41) is 6.45. The molecule has 0 amide bonds. The number of carbonyl (C=O) groups excluding carboxylic acids is 1. The summed E-state index contributed by atoms with van der Waals surface area (Å²) in [6, 6.07) is -0.372. The minimum Gasteiger partial charge on any atom is -0.468 e. The van der Waals surface area contributed by atoms with Gasteiger partial charge in [0.2, 0.25) is 6.39 Å². The van der Waals surface area contributed by atoms with E-state index in [1.54, 1.807) is 6.92 Å². The number of nitrogens with zero attached hydrogens (tertiary/aromatic N) is 2. The van der Waals surface area contributed by atoms with E-state index in [0.29, 0.717) is 12.4 Å². The molecule has 1 unspecified atom stereocenters. The summed E-state index contributed by atoms with van der Waals surface area (Å²) in [6.45, 7) is 2.08. The lowest BCUT2D eigenvalue weighted by atomic mass is 10.3. The van der Waals surface area contributed by atoms with Gasteiger partial charge in [0.1, 0.15) is 6.04 Å². The lowest BCUT2D eigenvalue weighted by Crippen LogP contribution is -2.34. The number of methoxy groups -OCH3 is 1. The average molecular weight is 185 g/mol. The van der Waals surface area contributed by atoms with E-state index in [1.807, 2.05) is 0 Å². The fraction of sp³-hybridized carbons (Fsp3) is 0.571. The topological polar surface area (TPSA) is 77.2 Å². The maximum atomic E-state index is 10.9. The van der Waals surface area contributed by atoms with Crippen molar-refractivity contribution in [2.45, 2.75) is 19.5 Å². The van der Waals surface area contributed by atoms with E-state index >= 15 is 0 Å². The van der Waals surface area contributed by atoms with Crippen molar-refractivity contribution in [2.75, 3.05) is 7.11 Å². The van der Waals surface area contributed by atoms with Gasteiger partial charge in [0.05, 0.1) is 13.7 Å². The first-order chi connectivity index (χ1) is 6.24.